The second-order valence-corrected chi connectivity index (χ2v) is 5.93. The summed E-state index contributed by atoms with van der Waals surface area (Å²) in [5, 5.41) is 13.1. The molecule has 0 aliphatic carbocycles. The Bertz CT molecular complexity index is 1100. The predicted molar refractivity (Wildman–Crippen MR) is 98.1 cm³/mol. The molecule has 134 valence electrons. The Morgan fingerprint density at radius 1 is 1.22 bits per heavy atom. The van der Waals surface area contributed by atoms with E-state index in [0.29, 0.717) is 17.8 Å². The number of aromatic nitrogens is 2. The average Bonchev–Trinajstić information content (AvgIpc) is 3.22. The second kappa shape index (κ2) is 6.80. The third kappa shape index (κ3) is 3.18. The lowest BCUT2D eigenvalue weighted by atomic mass is 10.1. The molecule has 7 heteroatoms. The summed E-state index contributed by atoms with van der Waals surface area (Å²) in [5.41, 5.74) is 1.89. The van der Waals surface area contributed by atoms with Crippen LogP contribution in [-0.4, -0.2) is 26.8 Å². The number of ether oxygens (including phenoxy) is 1. The standard InChI is InChI=1S/C20H15N3O4/c24-17-15(9-13-11-22-18-14(13)7-4-8-21-18)27-19(16(17)20(25)26)23-10-12-5-2-1-3-6-12/h1-9,11,23H,10H2,(H,21,22)(H,25,26)/b15-9-. The quantitative estimate of drug-likeness (QED) is 0.477. The smallest absolute Gasteiger partial charge is 0.345 e. The van der Waals surface area contributed by atoms with Crippen LogP contribution < -0.4 is 5.32 Å². The molecule has 0 bridgehead atoms. The number of H-pyrrole nitrogens is 1. The number of carbonyl (C=O) groups excluding carboxylic acids is 1. The molecule has 0 spiro atoms. The number of hydrogen-bond acceptors (Lipinski definition) is 5. The van der Waals surface area contributed by atoms with Crippen molar-refractivity contribution in [2.45, 2.75) is 6.54 Å². The zero-order valence-electron chi connectivity index (χ0n) is 14.1. The van der Waals surface area contributed by atoms with Crippen molar-refractivity contribution in [3.05, 3.63) is 83.2 Å². The van der Waals surface area contributed by atoms with Crippen molar-refractivity contribution >= 4 is 28.9 Å². The number of ketones is 1. The monoisotopic (exact) mass is 361 g/mol. The van der Waals surface area contributed by atoms with Crippen LogP contribution in [0.2, 0.25) is 0 Å². The van der Waals surface area contributed by atoms with Gasteiger partial charge in [0, 0.05) is 29.9 Å². The Labute approximate surface area is 154 Å². The van der Waals surface area contributed by atoms with E-state index in [9.17, 15) is 14.7 Å². The number of nitrogens with one attached hydrogen (secondary N) is 2. The van der Waals surface area contributed by atoms with Crippen molar-refractivity contribution in [3.63, 3.8) is 0 Å². The number of allylic oxidation sites excluding steroid dienone is 1. The van der Waals surface area contributed by atoms with Crippen LogP contribution in [0.15, 0.2) is 72.1 Å². The van der Waals surface area contributed by atoms with E-state index >= 15 is 0 Å². The summed E-state index contributed by atoms with van der Waals surface area (Å²) < 4.78 is 5.56. The number of carboxylic acids is 1. The normalized spacial score (nSPS) is 15.4. The molecule has 3 heterocycles. The summed E-state index contributed by atoms with van der Waals surface area (Å²) in [5.74, 6) is -2.11. The first-order valence-corrected chi connectivity index (χ1v) is 8.25. The lowest BCUT2D eigenvalue weighted by molar-refractivity contribution is -0.134. The molecule has 2 aromatic heterocycles. The molecular formula is C20H15N3O4. The topological polar surface area (TPSA) is 104 Å². The first-order valence-electron chi connectivity index (χ1n) is 8.25. The van der Waals surface area contributed by atoms with E-state index in [0.717, 1.165) is 10.9 Å². The molecule has 0 saturated carbocycles. The first kappa shape index (κ1) is 16.6. The second-order valence-electron chi connectivity index (χ2n) is 5.93. The van der Waals surface area contributed by atoms with E-state index in [1.54, 1.807) is 18.5 Å². The number of carboxylic acid groups (broad SMARTS) is 1. The van der Waals surface area contributed by atoms with Crippen LogP contribution in [0.5, 0.6) is 0 Å². The number of pyridine rings is 1. The summed E-state index contributed by atoms with van der Waals surface area (Å²) in [6.45, 7) is 0.338. The van der Waals surface area contributed by atoms with Gasteiger partial charge in [0.1, 0.15) is 5.65 Å². The van der Waals surface area contributed by atoms with E-state index in [4.69, 9.17) is 4.74 Å². The minimum atomic E-state index is -1.33. The maximum Gasteiger partial charge on any atom is 0.345 e. The van der Waals surface area contributed by atoms with Crippen LogP contribution >= 0.6 is 0 Å². The fourth-order valence-corrected chi connectivity index (χ4v) is 2.86. The van der Waals surface area contributed by atoms with Gasteiger partial charge in [-0.2, -0.15) is 0 Å². The van der Waals surface area contributed by atoms with Gasteiger partial charge in [0.05, 0.1) is 0 Å². The van der Waals surface area contributed by atoms with Crippen molar-refractivity contribution in [1.29, 1.82) is 0 Å². The van der Waals surface area contributed by atoms with Gasteiger partial charge in [0.15, 0.2) is 11.3 Å². The SMILES string of the molecule is O=C(O)C1=C(NCc2ccccc2)O/C(=C\c2c[nH]c3ncccc23)C1=O. The number of nitrogens with zero attached hydrogens (tertiary/aromatic N) is 1. The summed E-state index contributed by atoms with van der Waals surface area (Å²) in [4.78, 5) is 31.3. The first-order chi connectivity index (χ1) is 13.1. The number of aliphatic carboxylic acids is 1. The van der Waals surface area contributed by atoms with E-state index in [1.165, 1.54) is 6.08 Å². The van der Waals surface area contributed by atoms with Gasteiger partial charge in [-0.3, -0.25) is 4.79 Å². The van der Waals surface area contributed by atoms with Gasteiger partial charge in [-0.25, -0.2) is 9.78 Å². The molecule has 0 fully saturated rings. The van der Waals surface area contributed by atoms with Gasteiger partial charge in [-0.05, 0) is 23.8 Å². The number of carbonyl (C=O) groups is 2. The van der Waals surface area contributed by atoms with Crippen molar-refractivity contribution in [3.8, 4) is 0 Å². The number of rotatable bonds is 5. The zero-order valence-corrected chi connectivity index (χ0v) is 14.1. The Hall–Kier alpha value is -3.87. The number of hydrogen-bond donors (Lipinski definition) is 3. The van der Waals surface area contributed by atoms with Crippen molar-refractivity contribution in [2.75, 3.05) is 0 Å². The van der Waals surface area contributed by atoms with E-state index < -0.39 is 17.3 Å². The highest BCUT2D eigenvalue weighted by atomic mass is 16.5. The van der Waals surface area contributed by atoms with Gasteiger partial charge in [-0.15, -0.1) is 0 Å². The highest BCUT2D eigenvalue weighted by Gasteiger charge is 2.35. The van der Waals surface area contributed by atoms with Gasteiger partial charge < -0.3 is 20.1 Å². The molecule has 3 N–H and O–H groups in total. The molecule has 0 radical (unpaired) electrons. The van der Waals surface area contributed by atoms with E-state index in [1.807, 2.05) is 36.4 Å². The fourth-order valence-electron chi connectivity index (χ4n) is 2.86. The minimum absolute atomic E-state index is 0.0484. The minimum Gasteiger partial charge on any atom is -0.477 e. The molecule has 3 aromatic rings. The molecule has 7 nitrogen and oxygen atoms in total. The van der Waals surface area contributed by atoms with Crippen LogP contribution in [0.25, 0.3) is 17.1 Å². The largest absolute Gasteiger partial charge is 0.477 e. The van der Waals surface area contributed by atoms with Gasteiger partial charge in [0.2, 0.25) is 11.7 Å². The highest BCUT2D eigenvalue weighted by Crippen LogP contribution is 2.27. The molecule has 1 aliphatic heterocycles. The summed E-state index contributed by atoms with van der Waals surface area (Å²) >= 11 is 0. The lowest BCUT2D eigenvalue weighted by Gasteiger charge is -2.08. The lowest BCUT2D eigenvalue weighted by Crippen LogP contribution is -2.17. The Morgan fingerprint density at radius 2 is 2.04 bits per heavy atom. The molecule has 0 atom stereocenters. The van der Waals surface area contributed by atoms with E-state index in [-0.39, 0.29) is 11.6 Å². The molecule has 0 amide bonds. The van der Waals surface area contributed by atoms with Crippen molar-refractivity contribution < 1.29 is 19.4 Å². The molecular weight excluding hydrogens is 346 g/mol. The van der Waals surface area contributed by atoms with Gasteiger partial charge >= 0.3 is 5.97 Å². The summed E-state index contributed by atoms with van der Waals surface area (Å²) in [7, 11) is 0. The fraction of sp³-hybridized carbons (Fsp3) is 0.0500. The molecule has 0 saturated heterocycles. The van der Waals surface area contributed by atoms with Crippen LogP contribution in [0.4, 0.5) is 0 Å². The third-order valence-corrected chi connectivity index (χ3v) is 4.17. The van der Waals surface area contributed by atoms with Gasteiger partial charge in [-0.1, -0.05) is 30.3 Å². The maximum atomic E-state index is 12.5. The number of benzene rings is 1. The van der Waals surface area contributed by atoms with Crippen LogP contribution in [0, 0.1) is 0 Å². The molecule has 27 heavy (non-hydrogen) atoms. The van der Waals surface area contributed by atoms with Crippen LogP contribution in [-0.2, 0) is 20.9 Å². The number of aromatic amines is 1. The number of Topliss-reactive ketones (excluding diaryl/α,β-unsaturated/α-hetero) is 1. The molecule has 1 aromatic carbocycles. The maximum absolute atomic E-state index is 12.5. The molecule has 1 aliphatic rings. The summed E-state index contributed by atoms with van der Waals surface area (Å²) in [6, 6.07) is 13.0. The van der Waals surface area contributed by atoms with Crippen molar-refractivity contribution in [1.82, 2.24) is 15.3 Å². The Balaban J connectivity index is 1.62. The van der Waals surface area contributed by atoms with Crippen LogP contribution in [0.3, 0.4) is 0 Å². The van der Waals surface area contributed by atoms with Crippen LogP contribution in [0.1, 0.15) is 11.1 Å². The Morgan fingerprint density at radius 3 is 2.81 bits per heavy atom. The van der Waals surface area contributed by atoms with E-state index in [2.05, 4.69) is 15.3 Å². The van der Waals surface area contributed by atoms with Gasteiger partial charge in [0.25, 0.3) is 0 Å². The third-order valence-electron chi connectivity index (χ3n) is 4.17. The Kier molecular flexibility index (Phi) is 4.18. The predicted octanol–water partition coefficient (Wildman–Crippen LogP) is 2.59. The average molecular weight is 361 g/mol. The number of fused-ring (bicyclic) bond motifs is 1. The zero-order chi connectivity index (χ0) is 18.8. The highest BCUT2D eigenvalue weighted by molar-refractivity contribution is 6.26. The molecule has 0 unspecified atom stereocenters. The molecule has 4 rings (SSSR count). The van der Waals surface area contributed by atoms with Crippen molar-refractivity contribution in [2.24, 2.45) is 0 Å². The summed E-state index contributed by atoms with van der Waals surface area (Å²) in [6.07, 6.45) is 4.86.